The monoisotopic (exact) mass is 401 g/mol. The molecule has 2 bridgehead atoms. The first-order valence-corrected chi connectivity index (χ1v) is 10.4. The van der Waals surface area contributed by atoms with E-state index in [4.69, 9.17) is 4.74 Å². The third kappa shape index (κ3) is 2.88. The summed E-state index contributed by atoms with van der Waals surface area (Å²) in [6, 6.07) is 14.3. The van der Waals surface area contributed by atoms with E-state index in [1.165, 1.54) is 4.90 Å². The Morgan fingerprint density at radius 1 is 1.00 bits per heavy atom. The first-order valence-electron chi connectivity index (χ1n) is 10.4. The zero-order valence-electron chi connectivity index (χ0n) is 16.9. The van der Waals surface area contributed by atoms with Crippen LogP contribution in [0.2, 0.25) is 0 Å². The second kappa shape index (κ2) is 6.94. The third-order valence-corrected chi connectivity index (χ3v) is 6.56. The first-order chi connectivity index (χ1) is 14.4. The number of fused-ring (bicyclic) bond motifs is 5. The number of ether oxygens (including phenoxy) is 1. The number of hydrogen-bond donors (Lipinski definition) is 0. The number of carbonyl (C=O) groups excluding carboxylic acids is 3. The van der Waals surface area contributed by atoms with E-state index in [0.29, 0.717) is 17.0 Å². The predicted molar refractivity (Wildman–Crippen MR) is 112 cm³/mol. The van der Waals surface area contributed by atoms with Crippen LogP contribution >= 0.6 is 0 Å². The average molecular weight is 401 g/mol. The molecule has 5 nitrogen and oxygen atoms in total. The van der Waals surface area contributed by atoms with E-state index in [1.807, 2.05) is 19.1 Å². The lowest BCUT2D eigenvalue weighted by Gasteiger charge is -2.19. The molecule has 0 aromatic heterocycles. The lowest BCUT2D eigenvalue weighted by atomic mass is 9.85. The third-order valence-electron chi connectivity index (χ3n) is 6.56. The molecule has 0 unspecified atom stereocenters. The van der Waals surface area contributed by atoms with Gasteiger partial charge in [0, 0.05) is 11.6 Å². The summed E-state index contributed by atoms with van der Waals surface area (Å²) in [4.78, 5) is 40.0. The fraction of sp³-hybridized carbons (Fsp3) is 0.320. The number of hydrogen-bond acceptors (Lipinski definition) is 4. The van der Waals surface area contributed by atoms with Crippen molar-refractivity contribution in [2.24, 2.45) is 23.7 Å². The van der Waals surface area contributed by atoms with Crippen LogP contribution in [0.1, 0.15) is 29.3 Å². The molecule has 1 heterocycles. The number of nitrogens with zero attached hydrogens (tertiary/aromatic N) is 1. The highest BCUT2D eigenvalue weighted by Gasteiger charge is 2.59. The largest absolute Gasteiger partial charge is 0.482 e. The number of benzene rings is 2. The van der Waals surface area contributed by atoms with Crippen molar-refractivity contribution in [3.05, 3.63) is 71.8 Å². The van der Waals surface area contributed by atoms with Crippen LogP contribution in [0.15, 0.2) is 60.7 Å². The molecule has 30 heavy (non-hydrogen) atoms. The first kappa shape index (κ1) is 18.8. The van der Waals surface area contributed by atoms with Gasteiger partial charge in [0.1, 0.15) is 5.75 Å². The number of allylic oxidation sites excluding steroid dienone is 2. The van der Waals surface area contributed by atoms with Gasteiger partial charge in [-0.15, -0.1) is 0 Å². The minimum Gasteiger partial charge on any atom is -0.482 e. The Labute approximate surface area is 175 Å². The summed E-state index contributed by atoms with van der Waals surface area (Å²) < 4.78 is 5.87. The molecule has 1 saturated heterocycles. The number of ketones is 1. The number of aryl methyl sites for hydroxylation is 1. The summed E-state index contributed by atoms with van der Waals surface area (Å²) >= 11 is 0. The molecule has 152 valence electrons. The summed E-state index contributed by atoms with van der Waals surface area (Å²) in [7, 11) is 0. The summed E-state index contributed by atoms with van der Waals surface area (Å²) in [6.07, 6.45) is 4.38. The van der Waals surface area contributed by atoms with E-state index in [2.05, 4.69) is 12.2 Å². The van der Waals surface area contributed by atoms with Gasteiger partial charge in [0.25, 0.3) is 0 Å². The molecule has 0 spiro atoms. The molecule has 0 N–H and O–H groups in total. The van der Waals surface area contributed by atoms with Gasteiger partial charge < -0.3 is 4.74 Å². The molecule has 5 heteroatoms. The Hall–Kier alpha value is -3.21. The lowest BCUT2D eigenvalue weighted by Crippen LogP contribution is -2.33. The Kier molecular flexibility index (Phi) is 4.35. The van der Waals surface area contributed by atoms with Gasteiger partial charge in [-0.1, -0.05) is 48.0 Å². The smallest absolute Gasteiger partial charge is 0.238 e. The lowest BCUT2D eigenvalue weighted by molar-refractivity contribution is -0.123. The van der Waals surface area contributed by atoms with Crippen molar-refractivity contribution < 1.29 is 19.1 Å². The SMILES string of the molecule is Cc1ccc(C(=O)[C@@H](C)Oc2cccc(N3C(=O)[C@@H]4[C@H](C3=O)[C@H]3C=C[C@@H]4C3)c2)cc1. The number of imide groups is 1. The van der Waals surface area contributed by atoms with Crippen LogP contribution in [0.3, 0.4) is 0 Å². The second-order valence-corrected chi connectivity index (χ2v) is 8.50. The van der Waals surface area contributed by atoms with Crippen molar-refractivity contribution in [1.29, 1.82) is 0 Å². The molecular formula is C25H23NO4. The normalized spacial score (nSPS) is 27.5. The molecule has 5 atom stereocenters. The minimum absolute atomic E-state index is 0.120. The van der Waals surface area contributed by atoms with Gasteiger partial charge in [-0.25, -0.2) is 4.90 Å². The number of carbonyl (C=O) groups is 3. The predicted octanol–water partition coefficient (Wildman–Crippen LogP) is 3.96. The number of rotatable bonds is 5. The van der Waals surface area contributed by atoms with Crippen molar-refractivity contribution in [2.45, 2.75) is 26.4 Å². The van der Waals surface area contributed by atoms with E-state index < -0.39 is 6.10 Å². The van der Waals surface area contributed by atoms with Crippen LogP contribution < -0.4 is 9.64 Å². The summed E-state index contributed by atoms with van der Waals surface area (Å²) in [6.45, 7) is 3.67. The number of Topliss-reactive ketones (excluding diaryl/α,β-unsaturated/α-hetero) is 1. The van der Waals surface area contributed by atoms with Crippen LogP contribution in [0.4, 0.5) is 5.69 Å². The van der Waals surface area contributed by atoms with E-state index in [9.17, 15) is 14.4 Å². The van der Waals surface area contributed by atoms with Crippen molar-refractivity contribution in [3.63, 3.8) is 0 Å². The summed E-state index contributed by atoms with van der Waals surface area (Å²) in [5.41, 5.74) is 2.18. The van der Waals surface area contributed by atoms with Crippen LogP contribution in [0.25, 0.3) is 0 Å². The molecule has 0 radical (unpaired) electrons. The Balaban J connectivity index is 1.35. The van der Waals surface area contributed by atoms with Gasteiger partial charge in [0.2, 0.25) is 17.6 Å². The van der Waals surface area contributed by atoms with Gasteiger partial charge in [0.15, 0.2) is 6.10 Å². The maximum atomic E-state index is 13.0. The molecule has 2 aromatic rings. The molecule has 2 fully saturated rings. The molecule has 2 aromatic carbocycles. The van der Waals surface area contributed by atoms with Crippen molar-refractivity contribution in [1.82, 2.24) is 0 Å². The van der Waals surface area contributed by atoms with Crippen LogP contribution in [-0.2, 0) is 9.59 Å². The van der Waals surface area contributed by atoms with Gasteiger partial charge in [0.05, 0.1) is 17.5 Å². The maximum Gasteiger partial charge on any atom is 0.238 e. The number of amides is 2. The fourth-order valence-electron chi connectivity index (χ4n) is 5.06. The van der Waals surface area contributed by atoms with Gasteiger partial charge in [-0.05, 0) is 44.2 Å². The van der Waals surface area contributed by atoms with E-state index in [0.717, 1.165) is 12.0 Å². The average Bonchev–Trinajstić information content (AvgIpc) is 3.42. The second-order valence-electron chi connectivity index (χ2n) is 8.50. The van der Waals surface area contributed by atoms with Crippen LogP contribution in [-0.4, -0.2) is 23.7 Å². The highest BCUT2D eigenvalue weighted by molar-refractivity contribution is 6.22. The van der Waals surface area contributed by atoms with Gasteiger partial charge in [-0.3, -0.25) is 14.4 Å². The Morgan fingerprint density at radius 3 is 2.27 bits per heavy atom. The zero-order valence-corrected chi connectivity index (χ0v) is 16.9. The van der Waals surface area contributed by atoms with E-state index >= 15 is 0 Å². The molecule has 3 aliphatic rings. The highest BCUT2D eigenvalue weighted by atomic mass is 16.5. The quantitative estimate of drug-likeness (QED) is 0.432. The van der Waals surface area contributed by atoms with E-state index in [1.54, 1.807) is 43.3 Å². The maximum absolute atomic E-state index is 13.0. The molecule has 2 aliphatic carbocycles. The minimum atomic E-state index is -0.688. The Morgan fingerprint density at radius 2 is 1.63 bits per heavy atom. The summed E-state index contributed by atoms with van der Waals surface area (Å²) in [5.74, 6) is -0.0324. The molecule has 1 saturated carbocycles. The number of anilines is 1. The molecule has 5 rings (SSSR count). The molecular weight excluding hydrogens is 378 g/mol. The van der Waals surface area contributed by atoms with E-state index in [-0.39, 0.29) is 41.3 Å². The standard InChI is InChI=1S/C25H23NO4/c1-14-6-8-16(9-7-14)23(27)15(2)30-20-5-3-4-19(13-20)26-24(28)21-17-10-11-18(12-17)22(21)25(26)29/h3-11,13,15,17-18,21-22H,12H2,1-2H3/t15-,17-,18+,21+,22-/m1/s1. The van der Waals surface area contributed by atoms with Crippen LogP contribution in [0.5, 0.6) is 5.75 Å². The van der Waals surface area contributed by atoms with Crippen molar-refractivity contribution in [3.8, 4) is 5.75 Å². The topological polar surface area (TPSA) is 63.7 Å². The Bertz CT molecular complexity index is 1040. The summed E-state index contributed by atoms with van der Waals surface area (Å²) in [5, 5.41) is 0. The zero-order chi connectivity index (χ0) is 21.0. The molecule has 2 amide bonds. The fourth-order valence-corrected chi connectivity index (χ4v) is 5.06. The van der Waals surface area contributed by atoms with Crippen molar-refractivity contribution >= 4 is 23.3 Å². The highest BCUT2D eigenvalue weighted by Crippen LogP contribution is 2.53. The van der Waals surface area contributed by atoms with Gasteiger partial charge >= 0.3 is 0 Å². The molecule has 1 aliphatic heterocycles. The van der Waals surface area contributed by atoms with Crippen molar-refractivity contribution in [2.75, 3.05) is 4.90 Å². The van der Waals surface area contributed by atoms with Gasteiger partial charge in [-0.2, -0.15) is 0 Å². The van der Waals surface area contributed by atoms with Crippen LogP contribution in [0, 0.1) is 30.6 Å².